The van der Waals surface area contributed by atoms with Gasteiger partial charge in [-0.1, -0.05) is 6.42 Å². The Bertz CT molecular complexity index is 188. The molecule has 1 saturated heterocycles. The average molecular weight is 201 g/mol. The fourth-order valence-electron chi connectivity index (χ4n) is 3.14. The molecule has 2 nitrogen and oxygen atoms in total. The molecule has 2 rings (SSSR count). The maximum absolute atomic E-state index is 12.3. The van der Waals surface area contributed by atoms with E-state index in [0.29, 0.717) is 18.5 Å². The van der Waals surface area contributed by atoms with E-state index in [1.165, 1.54) is 6.42 Å². The molecule has 82 valence electrons. The number of alkyl halides is 1. The molecule has 1 heterocycles. The summed E-state index contributed by atoms with van der Waals surface area (Å²) in [4.78, 5) is 2.24. The molecule has 1 aliphatic heterocycles. The molecule has 3 atom stereocenters. The Morgan fingerprint density at radius 3 is 2.71 bits per heavy atom. The van der Waals surface area contributed by atoms with Crippen LogP contribution in [0.5, 0.6) is 0 Å². The van der Waals surface area contributed by atoms with Gasteiger partial charge in [-0.25, -0.2) is 4.39 Å². The molecule has 2 fully saturated rings. The minimum atomic E-state index is -0.251. The van der Waals surface area contributed by atoms with Crippen LogP contribution in [0.15, 0.2) is 0 Å². The van der Waals surface area contributed by atoms with E-state index in [1.54, 1.807) is 0 Å². The molecule has 0 aromatic heterocycles. The van der Waals surface area contributed by atoms with Crippen molar-refractivity contribution in [2.45, 2.75) is 44.2 Å². The van der Waals surface area contributed by atoms with Crippen LogP contribution >= 0.6 is 0 Å². The fourth-order valence-corrected chi connectivity index (χ4v) is 3.14. The molecule has 2 aliphatic rings. The molecule has 1 N–H and O–H groups in total. The zero-order valence-corrected chi connectivity index (χ0v) is 8.66. The Hall–Kier alpha value is -0.150. The minimum absolute atomic E-state index is 0.125. The molecule has 0 spiro atoms. The first-order valence-corrected chi connectivity index (χ1v) is 5.81. The Labute approximate surface area is 85.1 Å². The van der Waals surface area contributed by atoms with Crippen LogP contribution < -0.4 is 0 Å². The van der Waals surface area contributed by atoms with Crippen LogP contribution in [0.4, 0.5) is 4.39 Å². The summed E-state index contributed by atoms with van der Waals surface area (Å²) in [5.74, 6) is 0.420. The molecule has 1 aliphatic carbocycles. The van der Waals surface area contributed by atoms with Gasteiger partial charge < -0.3 is 5.11 Å². The molecule has 3 heteroatoms. The van der Waals surface area contributed by atoms with Crippen LogP contribution in [-0.4, -0.2) is 41.9 Å². The predicted octanol–water partition coefficient (Wildman–Crippen LogP) is 1.58. The Morgan fingerprint density at radius 1 is 1.21 bits per heavy atom. The number of hydrogen-bond acceptors (Lipinski definition) is 2. The van der Waals surface area contributed by atoms with Crippen molar-refractivity contribution in [2.75, 3.05) is 19.8 Å². The lowest BCUT2D eigenvalue weighted by Crippen LogP contribution is -2.39. The third-order valence-corrected chi connectivity index (χ3v) is 3.81. The van der Waals surface area contributed by atoms with E-state index >= 15 is 0 Å². The standard InChI is InChI=1S/C11H20FNO/c12-6-8-13-7-2-4-10(13)9-3-1-5-11(9)14/h9-11,14H,1-8H2. The maximum atomic E-state index is 12.3. The monoisotopic (exact) mass is 201 g/mol. The number of aliphatic hydroxyl groups excluding tert-OH is 1. The summed E-state index contributed by atoms with van der Waals surface area (Å²) >= 11 is 0. The molecule has 0 radical (unpaired) electrons. The third-order valence-electron chi connectivity index (χ3n) is 3.81. The van der Waals surface area contributed by atoms with Crippen molar-refractivity contribution in [1.82, 2.24) is 4.90 Å². The minimum Gasteiger partial charge on any atom is -0.393 e. The third kappa shape index (κ3) is 1.94. The van der Waals surface area contributed by atoms with Crippen molar-refractivity contribution in [3.8, 4) is 0 Å². The van der Waals surface area contributed by atoms with E-state index in [1.807, 2.05) is 0 Å². The Balaban J connectivity index is 1.94. The number of rotatable bonds is 3. The summed E-state index contributed by atoms with van der Waals surface area (Å²) in [7, 11) is 0. The van der Waals surface area contributed by atoms with Crippen molar-refractivity contribution >= 4 is 0 Å². The van der Waals surface area contributed by atoms with Crippen LogP contribution in [0.3, 0.4) is 0 Å². The number of nitrogens with zero attached hydrogens (tertiary/aromatic N) is 1. The molecule has 3 unspecified atom stereocenters. The summed E-state index contributed by atoms with van der Waals surface area (Å²) in [5.41, 5.74) is 0. The van der Waals surface area contributed by atoms with Crippen LogP contribution in [0.1, 0.15) is 32.1 Å². The van der Waals surface area contributed by atoms with E-state index in [2.05, 4.69) is 4.90 Å². The van der Waals surface area contributed by atoms with Gasteiger partial charge >= 0.3 is 0 Å². The molecule has 0 aromatic rings. The second kappa shape index (κ2) is 4.58. The van der Waals surface area contributed by atoms with Crippen molar-refractivity contribution < 1.29 is 9.50 Å². The second-order valence-electron chi connectivity index (χ2n) is 4.60. The number of likely N-dealkylation sites (tertiary alicyclic amines) is 1. The SMILES string of the molecule is OC1CCCC1C1CCCN1CCF. The fraction of sp³-hybridized carbons (Fsp3) is 1.00. The van der Waals surface area contributed by atoms with Gasteiger partial charge in [-0.3, -0.25) is 4.90 Å². The van der Waals surface area contributed by atoms with Gasteiger partial charge in [0.2, 0.25) is 0 Å². The smallest absolute Gasteiger partial charge is 0.102 e. The number of aliphatic hydroxyl groups is 1. The van der Waals surface area contributed by atoms with Gasteiger partial charge in [-0.15, -0.1) is 0 Å². The summed E-state index contributed by atoms with van der Waals surface area (Å²) in [6, 6.07) is 0.461. The zero-order valence-electron chi connectivity index (χ0n) is 8.66. The zero-order chi connectivity index (χ0) is 9.97. The first-order valence-electron chi connectivity index (χ1n) is 5.81. The van der Waals surface area contributed by atoms with Crippen molar-refractivity contribution in [3.05, 3.63) is 0 Å². The maximum Gasteiger partial charge on any atom is 0.102 e. The van der Waals surface area contributed by atoms with Gasteiger partial charge in [0.1, 0.15) is 6.67 Å². The average Bonchev–Trinajstić information content (AvgIpc) is 2.74. The highest BCUT2D eigenvalue weighted by Crippen LogP contribution is 2.35. The number of halogens is 1. The molecular formula is C11H20FNO. The molecule has 0 bridgehead atoms. The lowest BCUT2D eigenvalue weighted by Gasteiger charge is -2.30. The first kappa shape index (κ1) is 10.4. The highest BCUT2D eigenvalue weighted by Gasteiger charge is 2.37. The van der Waals surface area contributed by atoms with Crippen LogP contribution in [0, 0.1) is 5.92 Å². The largest absolute Gasteiger partial charge is 0.393 e. The van der Waals surface area contributed by atoms with E-state index in [0.717, 1.165) is 32.2 Å². The van der Waals surface area contributed by atoms with Crippen molar-refractivity contribution in [3.63, 3.8) is 0 Å². The number of hydrogen-bond donors (Lipinski definition) is 1. The summed E-state index contributed by atoms with van der Waals surface area (Å²) in [6.45, 7) is 1.34. The predicted molar refractivity (Wildman–Crippen MR) is 53.9 cm³/mol. The van der Waals surface area contributed by atoms with E-state index in [-0.39, 0.29) is 12.8 Å². The van der Waals surface area contributed by atoms with E-state index in [9.17, 15) is 9.50 Å². The van der Waals surface area contributed by atoms with Gasteiger partial charge in [0.15, 0.2) is 0 Å². The van der Waals surface area contributed by atoms with E-state index < -0.39 is 0 Å². The van der Waals surface area contributed by atoms with E-state index in [4.69, 9.17) is 0 Å². The molecule has 1 saturated carbocycles. The van der Waals surface area contributed by atoms with Gasteiger partial charge in [-0.05, 0) is 32.2 Å². The molecule has 14 heavy (non-hydrogen) atoms. The quantitative estimate of drug-likeness (QED) is 0.749. The molecule has 0 aromatic carbocycles. The lowest BCUT2D eigenvalue weighted by atomic mass is 9.94. The van der Waals surface area contributed by atoms with Gasteiger partial charge in [0, 0.05) is 18.5 Å². The summed E-state index contributed by atoms with van der Waals surface area (Å²) in [5, 5.41) is 9.81. The molecular weight excluding hydrogens is 181 g/mol. The van der Waals surface area contributed by atoms with Crippen molar-refractivity contribution in [1.29, 1.82) is 0 Å². The normalized spacial score (nSPS) is 39.4. The topological polar surface area (TPSA) is 23.5 Å². The van der Waals surface area contributed by atoms with Crippen molar-refractivity contribution in [2.24, 2.45) is 5.92 Å². The molecule has 0 amide bonds. The van der Waals surface area contributed by atoms with Gasteiger partial charge in [-0.2, -0.15) is 0 Å². The summed E-state index contributed by atoms with van der Waals surface area (Å²) < 4.78 is 12.3. The van der Waals surface area contributed by atoms with Crippen LogP contribution in [-0.2, 0) is 0 Å². The highest BCUT2D eigenvalue weighted by atomic mass is 19.1. The van der Waals surface area contributed by atoms with Gasteiger partial charge in [0.25, 0.3) is 0 Å². The highest BCUT2D eigenvalue weighted by molar-refractivity contribution is 4.91. The van der Waals surface area contributed by atoms with Gasteiger partial charge in [0.05, 0.1) is 6.10 Å². The first-order chi connectivity index (χ1) is 6.83. The van der Waals surface area contributed by atoms with Crippen LogP contribution in [0.25, 0.3) is 0 Å². The summed E-state index contributed by atoms with van der Waals surface area (Å²) in [6.07, 6.45) is 5.43. The van der Waals surface area contributed by atoms with Crippen LogP contribution in [0.2, 0.25) is 0 Å². The lowest BCUT2D eigenvalue weighted by molar-refractivity contribution is 0.0723. The Kier molecular flexibility index (Phi) is 3.39. The Morgan fingerprint density at radius 2 is 2.07 bits per heavy atom. The second-order valence-corrected chi connectivity index (χ2v) is 4.60.